The number of nitrogens with one attached hydrogen (secondary N) is 1. The van der Waals surface area contributed by atoms with Crippen LogP contribution in [0.2, 0.25) is 5.02 Å². The Kier molecular flexibility index (Phi) is 4.62. The summed E-state index contributed by atoms with van der Waals surface area (Å²) >= 11 is 6.04. The average molecular weight is 376 g/mol. The van der Waals surface area contributed by atoms with Gasteiger partial charge in [0.15, 0.2) is 0 Å². The van der Waals surface area contributed by atoms with E-state index in [2.05, 4.69) is 4.72 Å². The molecule has 25 heavy (non-hydrogen) atoms. The van der Waals surface area contributed by atoms with Crippen molar-refractivity contribution in [1.82, 2.24) is 0 Å². The normalized spacial score (nSPS) is 11.8. The number of phenols is 1. The van der Waals surface area contributed by atoms with Crippen LogP contribution in [0.25, 0.3) is 10.8 Å². The van der Waals surface area contributed by atoms with E-state index >= 15 is 0 Å². The van der Waals surface area contributed by atoms with E-state index in [1.165, 1.54) is 6.07 Å². The summed E-state index contributed by atoms with van der Waals surface area (Å²) in [6, 6.07) is 15.1. The highest BCUT2D eigenvalue weighted by Crippen LogP contribution is 2.38. The first-order valence-corrected chi connectivity index (χ1v) is 9.68. The zero-order valence-corrected chi connectivity index (χ0v) is 15.4. The maximum atomic E-state index is 12.7. The third-order valence-corrected chi connectivity index (χ3v) is 5.74. The van der Waals surface area contributed by atoms with E-state index in [0.29, 0.717) is 22.4 Å². The summed E-state index contributed by atoms with van der Waals surface area (Å²) in [5, 5.41) is 11.2. The molecule has 3 aromatic rings. The van der Waals surface area contributed by atoms with Gasteiger partial charge in [0.05, 0.1) is 15.6 Å². The molecule has 3 aromatic carbocycles. The van der Waals surface area contributed by atoms with Crippen LogP contribution in [0.5, 0.6) is 5.75 Å². The summed E-state index contributed by atoms with van der Waals surface area (Å²) < 4.78 is 28.0. The van der Waals surface area contributed by atoms with Crippen molar-refractivity contribution in [2.75, 3.05) is 4.72 Å². The number of hydrogen-bond acceptors (Lipinski definition) is 3. The second kappa shape index (κ2) is 6.58. The van der Waals surface area contributed by atoms with Gasteiger partial charge in [-0.05, 0) is 29.7 Å². The number of rotatable bonds is 4. The molecule has 0 aromatic heterocycles. The molecule has 0 saturated carbocycles. The molecule has 0 atom stereocenters. The summed E-state index contributed by atoms with van der Waals surface area (Å²) in [5.74, 6) is 0.256. The molecular weight excluding hydrogens is 358 g/mol. The van der Waals surface area contributed by atoms with Gasteiger partial charge in [0.1, 0.15) is 5.75 Å². The average Bonchev–Trinajstić information content (AvgIpc) is 2.59. The molecule has 4 nitrogen and oxygen atoms in total. The number of anilines is 1. The minimum atomic E-state index is -3.77. The molecule has 3 rings (SSSR count). The van der Waals surface area contributed by atoms with Gasteiger partial charge in [-0.15, -0.1) is 0 Å². The Morgan fingerprint density at radius 2 is 1.60 bits per heavy atom. The van der Waals surface area contributed by atoms with E-state index in [-0.39, 0.29) is 15.7 Å². The first-order chi connectivity index (χ1) is 11.8. The molecule has 0 bridgehead atoms. The number of aromatic hydroxyl groups is 1. The van der Waals surface area contributed by atoms with Gasteiger partial charge >= 0.3 is 0 Å². The van der Waals surface area contributed by atoms with E-state index in [1.807, 2.05) is 13.8 Å². The van der Waals surface area contributed by atoms with E-state index in [0.717, 1.165) is 5.56 Å². The van der Waals surface area contributed by atoms with Gasteiger partial charge in [-0.2, -0.15) is 0 Å². The molecule has 0 aliphatic rings. The van der Waals surface area contributed by atoms with Gasteiger partial charge in [-0.1, -0.05) is 61.8 Å². The molecule has 0 aliphatic heterocycles. The quantitative estimate of drug-likeness (QED) is 0.621. The van der Waals surface area contributed by atoms with Crippen LogP contribution in [0.15, 0.2) is 59.5 Å². The van der Waals surface area contributed by atoms with Crippen molar-refractivity contribution in [3.8, 4) is 5.75 Å². The molecule has 0 spiro atoms. The Morgan fingerprint density at radius 1 is 1.00 bits per heavy atom. The smallest absolute Gasteiger partial charge is 0.261 e. The Bertz CT molecular complexity index is 1030. The molecule has 0 radical (unpaired) electrons. The first-order valence-electron chi connectivity index (χ1n) is 7.82. The fourth-order valence-electron chi connectivity index (χ4n) is 2.65. The van der Waals surface area contributed by atoms with Crippen molar-refractivity contribution < 1.29 is 13.5 Å². The van der Waals surface area contributed by atoms with Crippen molar-refractivity contribution in [2.24, 2.45) is 0 Å². The summed E-state index contributed by atoms with van der Waals surface area (Å²) in [4.78, 5) is 0.171. The largest absolute Gasteiger partial charge is 0.506 e. The van der Waals surface area contributed by atoms with E-state index in [9.17, 15) is 13.5 Å². The minimum Gasteiger partial charge on any atom is -0.506 e. The van der Waals surface area contributed by atoms with Crippen LogP contribution in [-0.4, -0.2) is 13.5 Å². The van der Waals surface area contributed by atoms with Crippen LogP contribution in [-0.2, 0) is 10.0 Å². The van der Waals surface area contributed by atoms with E-state index in [1.54, 1.807) is 48.5 Å². The second-order valence-electron chi connectivity index (χ2n) is 6.13. The third-order valence-electron chi connectivity index (χ3n) is 4.07. The lowest BCUT2D eigenvalue weighted by Crippen LogP contribution is -2.13. The van der Waals surface area contributed by atoms with Crippen LogP contribution in [0.1, 0.15) is 25.3 Å². The molecule has 130 valence electrons. The zero-order valence-electron chi connectivity index (χ0n) is 13.8. The maximum Gasteiger partial charge on any atom is 0.261 e. The fourth-order valence-corrected chi connectivity index (χ4v) is 3.93. The first kappa shape index (κ1) is 17.6. The van der Waals surface area contributed by atoms with E-state index in [4.69, 9.17) is 11.6 Å². The molecule has 2 N–H and O–H groups in total. The van der Waals surface area contributed by atoms with Crippen LogP contribution in [0.3, 0.4) is 0 Å². The van der Waals surface area contributed by atoms with Crippen LogP contribution in [0.4, 0.5) is 5.69 Å². The molecule has 0 heterocycles. The predicted molar refractivity (Wildman–Crippen MR) is 102 cm³/mol. The molecular formula is C19H18ClNO3S. The van der Waals surface area contributed by atoms with Gasteiger partial charge in [0, 0.05) is 10.8 Å². The monoisotopic (exact) mass is 375 g/mol. The highest BCUT2D eigenvalue weighted by atomic mass is 35.5. The Morgan fingerprint density at radius 3 is 2.20 bits per heavy atom. The number of benzene rings is 3. The number of halogens is 1. The Hall–Kier alpha value is -2.24. The van der Waals surface area contributed by atoms with Crippen molar-refractivity contribution in [1.29, 1.82) is 0 Å². The fraction of sp³-hybridized carbons (Fsp3) is 0.158. The van der Waals surface area contributed by atoms with Crippen molar-refractivity contribution in [3.05, 3.63) is 65.2 Å². The minimum absolute atomic E-state index is 0.0681. The number of sulfonamides is 1. The summed E-state index contributed by atoms with van der Waals surface area (Å²) in [5.41, 5.74) is 1.39. The Balaban J connectivity index is 2.04. The van der Waals surface area contributed by atoms with Crippen LogP contribution < -0.4 is 4.72 Å². The summed E-state index contributed by atoms with van der Waals surface area (Å²) in [6.45, 7) is 4.10. The molecule has 0 saturated heterocycles. The molecule has 0 aliphatic carbocycles. The van der Waals surface area contributed by atoms with Gasteiger partial charge < -0.3 is 5.11 Å². The zero-order chi connectivity index (χ0) is 18.2. The highest BCUT2D eigenvalue weighted by molar-refractivity contribution is 7.92. The van der Waals surface area contributed by atoms with Crippen LogP contribution in [0, 0.1) is 0 Å². The van der Waals surface area contributed by atoms with Crippen molar-refractivity contribution in [3.63, 3.8) is 0 Å². The van der Waals surface area contributed by atoms with Crippen molar-refractivity contribution in [2.45, 2.75) is 24.7 Å². The number of fused-ring (bicyclic) bond motifs is 1. The highest BCUT2D eigenvalue weighted by Gasteiger charge is 2.18. The van der Waals surface area contributed by atoms with Gasteiger partial charge in [0.25, 0.3) is 10.0 Å². The molecule has 0 unspecified atom stereocenters. The topological polar surface area (TPSA) is 66.4 Å². The summed E-state index contributed by atoms with van der Waals surface area (Å²) in [6.07, 6.45) is 0. The SMILES string of the molecule is CC(C)c1ccc(S(=O)(=O)Nc2cc(Cl)c(O)c3ccccc23)cc1. The molecule has 0 amide bonds. The van der Waals surface area contributed by atoms with Crippen LogP contribution >= 0.6 is 11.6 Å². The second-order valence-corrected chi connectivity index (χ2v) is 8.22. The standard InChI is InChI=1S/C19H18ClNO3S/c1-12(2)13-7-9-14(10-8-13)25(23,24)21-18-11-17(20)19(22)16-6-4-3-5-15(16)18/h3-12,21-22H,1-2H3. The van der Waals surface area contributed by atoms with Gasteiger partial charge in [0.2, 0.25) is 0 Å². The number of phenolic OH excluding ortho intramolecular Hbond substituents is 1. The van der Waals surface area contributed by atoms with Crippen molar-refractivity contribution >= 4 is 38.1 Å². The molecule has 6 heteroatoms. The van der Waals surface area contributed by atoms with Gasteiger partial charge in [-0.3, -0.25) is 4.72 Å². The Labute approximate surface area is 152 Å². The lowest BCUT2D eigenvalue weighted by Gasteiger charge is -2.13. The molecule has 0 fully saturated rings. The predicted octanol–water partition coefficient (Wildman–Crippen LogP) is 5.12. The van der Waals surface area contributed by atoms with E-state index < -0.39 is 10.0 Å². The number of hydrogen-bond donors (Lipinski definition) is 2. The van der Waals surface area contributed by atoms with Gasteiger partial charge in [-0.25, -0.2) is 8.42 Å². The maximum absolute atomic E-state index is 12.7. The third kappa shape index (κ3) is 3.43. The summed E-state index contributed by atoms with van der Waals surface area (Å²) in [7, 11) is -3.77. The lowest BCUT2D eigenvalue weighted by atomic mass is 10.0. The lowest BCUT2D eigenvalue weighted by molar-refractivity contribution is 0.482.